The van der Waals surface area contributed by atoms with Crippen molar-refractivity contribution >= 4 is 17.9 Å². The molecule has 0 aliphatic heterocycles. The molecule has 0 aliphatic carbocycles. The van der Waals surface area contributed by atoms with Gasteiger partial charge in [-0.2, -0.15) is 0 Å². The van der Waals surface area contributed by atoms with Gasteiger partial charge >= 0.3 is 12.0 Å². The maximum atomic E-state index is 12.9. The zero-order valence-corrected chi connectivity index (χ0v) is 18.5. The lowest BCUT2D eigenvalue weighted by Gasteiger charge is -2.22. The minimum absolute atomic E-state index is 0.00530. The van der Waals surface area contributed by atoms with Crippen LogP contribution in [0.25, 0.3) is 0 Å². The summed E-state index contributed by atoms with van der Waals surface area (Å²) >= 11 is 0. The Morgan fingerprint density at radius 1 is 0.871 bits per heavy atom. The lowest BCUT2D eigenvalue weighted by atomic mass is 9.99. The van der Waals surface area contributed by atoms with Crippen LogP contribution in [0.5, 0.6) is 0 Å². The van der Waals surface area contributed by atoms with Crippen LogP contribution in [0.15, 0.2) is 48.5 Å². The third-order valence-electron chi connectivity index (χ3n) is 4.70. The Morgan fingerprint density at radius 3 is 2.10 bits per heavy atom. The monoisotopic (exact) mass is 425 g/mol. The van der Waals surface area contributed by atoms with Gasteiger partial charge in [-0.3, -0.25) is 9.59 Å². The van der Waals surface area contributed by atoms with Gasteiger partial charge in [0.25, 0.3) is 0 Å². The fourth-order valence-corrected chi connectivity index (χ4v) is 3.28. The van der Waals surface area contributed by atoms with Gasteiger partial charge in [0.1, 0.15) is 0 Å². The highest BCUT2D eigenvalue weighted by Crippen LogP contribution is 2.22. The summed E-state index contributed by atoms with van der Waals surface area (Å²) in [5, 5.41) is 5.54. The van der Waals surface area contributed by atoms with Crippen LogP contribution in [0, 0.1) is 13.8 Å². The second kappa shape index (κ2) is 11.2. The van der Waals surface area contributed by atoms with Crippen molar-refractivity contribution in [3.8, 4) is 0 Å². The van der Waals surface area contributed by atoms with Crippen LogP contribution in [0.3, 0.4) is 0 Å². The predicted molar refractivity (Wildman–Crippen MR) is 119 cm³/mol. The van der Waals surface area contributed by atoms with Crippen molar-refractivity contribution in [3.63, 3.8) is 0 Å². The van der Waals surface area contributed by atoms with E-state index in [1.165, 1.54) is 0 Å². The van der Waals surface area contributed by atoms with E-state index in [1.807, 2.05) is 62.4 Å². The molecule has 3 amide bonds. The van der Waals surface area contributed by atoms with Gasteiger partial charge < -0.3 is 21.1 Å². The summed E-state index contributed by atoms with van der Waals surface area (Å²) in [7, 11) is 0. The molecular weight excluding hydrogens is 394 g/mol. The largest absolute Gasteiger partial charge is 0.463 e. The maximum absolute atomic E-state index is 12.9. The zero-order valence-electron chi connectivity index (χ0n) is 18.5. The quantitative estimate of drug-likeness (QED) is 0.533. The van der Waals surface area contributed by atoms with Gasteiger partial charge in [-0.1, -0.05) is 59.7 Å². The Hall–Kier alpha value is -3.35. The molecule has 4 N–H and O–H groups in total. The SMILES string of the molecule is Cc1ccc([C@H](CC(=O)OC(C)C)NC(=O)C[C@H](NC(N)=O)c2cccc(C)c2)cc1. The molecule has 2 atom stereocenters. The first-order valence-corrected chi connectivity index (χ1v) is 10.3. The minimum atomic E-state index is -0.713. The number of ether oxygens (including phenoxy) is 1. The number of carbonyl (C=O) groups excluding carboxylic acids is 3. The van der Waals surface area contributed by atoms with E-state index >= 15 is 0 Å². The normalized spacial score (nSPS) is 12.7. The Balaban J connectivity index is 2.18. The van der Waals surface area contributed by atoms with Crippen molar-refractivity contribution < 1.29 is 19.1 Å². The topological polar surface area (TPSA) is 111 Å². The number of hydrogen-bond acceptors (Lipinski definition) is 4. The molecule has 0 spiro atoms. The van der Waals surface area contributed by atoms with E-state index in [1.54, 1.807) is 13.8 Å². The van der Waals surface area contributed by atoms with E-state index in [9.17, 15) is 14.4 Å². The van der Waals surface area contributed by atoms with Crippen molar-refractivity contribution in [2.75, 3.05) is 0 Å². The third kappa shape index (κ3) is 8.12. The molecule has 0 bridgehead atoms. The van der Waals surface area contributed by atoms with E-state index in [4.69, 9.17) is 10.5 Å². The van der Waals surface area contributed by atoms with Crippen LogP contribution in [-0.2, 0) is 14.3 Å². The Labute approximate surface area is 183 Å². The van der Waals surface area contributed by atoms with Crippen molar-refractivity contribution in [2.45, 2.75) is 58.7 Å². The van der Waals surface area contributed by atoms with E-state index < -0.39 is 24.1 Å². The molecule has 2 rings (SSSR count). The van der Waals surface area contributed by atoms with Gasteiger partial charge in [-0.05, 0) is 38.8 Å². The van der Waals surface area contributed by atoms with Gasteiger partial charge in [0, 0.05) is 0 Å². The number of amides is 3. The molecule has 0 aliphatic rings. The minimum Gasteiger partial charge on any atom is -0.463 e. The highest BCUT2D eigenvalue weighted by atomic mass is 16.5. The fourth-order valence-electron chi connectivity index (χ4n) is 3.28. The van der Waals surface area contributed by atoms with E-state index in [2.05, 4.69) is 10.6 Å². The summed E-state index contributed by atoms with van der Waals surface area (Å²) in [6.07, 6.45) is -0.258. The molecule has 2 aromatic rings. The lowest BCUT2D eigenvalue weighted by Crippen LogP contribution is -2.38. The number of hydrogen-bond donors (Lipinski definition) is 3. The Morgan fingerprint density at radius 2 is 1.52 bits per heavy atom. The lowest BCUT2D eigenvalue weighted by molar-refractivity contribution is -0.148. The number of nitrogens with two attached hydrogens (primary N) is 1. The predicted octanol–water partition coefficient (Wildman–Crippen LogP) is 3.60. The summed E-state index contributed by atoms with van der Waals surface area (Å²) in [5.41, 5.74) is 8.97. The summed E-state index contributed by atoms with van der Waals surface area (Å²) in [6.45, 7) is 7.45. The molecule has 7 nitrogen and oxygen atoms in total. The van der Waals surface area contributed by atoms with Crippen LogP contribution in [-0.4, -0.2) is 24.0 Å². The summed E-state index contributed by atoms with van der Waals surface area (Å²) in [4.78, 5) is 36.6. The van der Waals surface area contributed by atoms with Gasteiger partial charge in [0.2, 0.25) is 5.91 Å². The fraction of sp³-hybridized carbons (Fsp3) is 0.375. The number of esters is 1. The average molecular weight is 426 g/mol. The molecule has 0 saturated heterocycles. The van der Waals surface area contributed by atoms with E-state index in [-0.39, 0.29) is 24.9 Å². The van der Waals surface area contributed by atoms with Crippen LogP contribution < -0.4 is 16.4 Å². The number of aryl methyl sites for hydroxylation is 2. The first-order valence-electron chi connectivity index (χ1n) is 10.3. The van der Waals surface area contributed by atoms with Crippen molar-refractivity contribution in [1.29, 1.82) is 0 Å². The van der Waals surface area contributed by atoms with Crippen molar-refractivity contribution in [1.82, 2.24) is 10.6 Å². The first-order chi connectivity index (χ1) is 14.6. The average Bonchev–Trinajstić information content (AvgIpc) is 2.66. The molecule has 166 valence electrons. The summed E-state index contributed by atoms with van der Waals surface area (Å²) < 4.78 is 5.26. The summed E-state index contributed by atoms with van der Waals surface area (Å²) in [6, 6.07) is 13.3. The van der Waals surface area contributed by atoms with Crippen molar-refractivity contribution in [3.05, 3.63) is 70.8 Å². The number of urea groups is 1. The second-order valence-corrected chi connectivity index (χ2v) is 7.95. The number of benzene rings is 2. The molecule has 0 heterocycles. The second-order valence-electron chi connectivity index (χ2n) is 7.95. The molecule has 0 radical (unpaired) electrons. The molecule has 0 saturated carbocycles. The van der Waals surface area contributed by atoms with E-state index in [0.29, 0.717) is 0 Å². The Bertz CT molecular complexity index is 909. The van der Waals surface area contributed by atoms with Gasteiger partial charge in [-0.15, -0.1) is 0 Å². The number of primary amides is 1. The molecule has 0 unspecified atom stereocenters. The maximum Gasteiger partial charge on any atom is 0.312 e. The molecular formula is C24H31N3O4. The van der Waals surface area contributed by atoms with Gasteiger partial charge in [-0.25, -0.2) is 4.79 Å². The van der Waals surface area contributed by atoms with E-state index in [0.717, 1.165) is 22.3 Å². The number of nitrogens with one attached hydrogen (secondary N) is 2. The molecule has 0 fully saturated rings. The third-order valence-corrected chi connectivity index (χ3v) is 4.70. The van der Waals surface area contributed by atoms with Crippen LogP contribution >= 0.6 is 0 Å². The highest BCUT2D eigenvalue weighted by Gasteiger charge is 2.23. The highest BCUT2D eigenvalue weighted by molar-refractivity contribution is 5.80. The van der Waals surface area contributed by atoms with Gasteiger partial charge in [0.15, 0.2) is 0 Å². The van der Waals surface area contributed by atoms with Gasteiger partial charge in [0.05, 0.1) is 31.0 Å². The molecule has 7 heteroatoms. The van der Waals surface area contributed by atoms with Crippen LogP contribution in [0.4, 0.5) is 4.79 Å². The van der Waals surface area contributed by atoms with Crippen LogP contribution in [0.1, 0.15) is 61.0 Å². The molecule has 31 heavy (non-hydrogen) atoms. The number of rotatable bonds is 9. The van der Waals surface area contributed by atoms with Crippen molar-refractivity contribution in [2.24, 2.45) is 5.73 Å². The molecule has 2 aromatic carbocycles. The first kappa shape index (κ1) is 23.9. The number of carbonyl (C=O) groups is 3. The standard InChI is InChI=1S/C24H31N3O4/c1-15(2)31-23(29)14-21(18-10-8-16(3)9-11-18)26-22(28)13-20(27-24(25)30)19-7-5-6-17(4)12-19/h5-12,15,20-21H,13-14H2,1-4H3,(H,26,28)(H3,25,27,30)/t20-,21-/m0/s1. The molecule has 0 aromatic heterocycles. The van der Waals surface area contributed by atoms with Crippen LogP contribution in [0.2, 0.25) is 0 Å². The summed E-state index contributed by atoms with van der Waals surface area (Å²) in [5.74, 6) is -0.713. The zero-order chi connectivity index (χ0) is 23.0. The smallest absolute Gasteiger partial charge is 0.312 e. The Kier molecular flexibility index (Phi) is 8.61.